The van der Waals surface area contributed by atoms with Crippen molar-refractivity contribution in [2.45, 2.75) is 31.6 Å². The molecule has 0 bridgehead atoms. The van der Waals surface area contributed by atoms with Gasteiger partial charge in [-0.2, -0.15) is 0 Å². The molecule has 0 spiro atoms. The van der Waals surface area contributed by atoms with E-state index in [1.165, 1.54) is 0 Å². The largest absolute Gasteiger partial charge is 0.386 e. The van der Waals surface area contributed by atoms with Crippen molar-refractivity contribution in [1.29, 1.82) is 0 Å². The number of aliphatic hydroxyl groups is 1. The first-order valence-electron chi connectivity index (χ1n) is 5.78. The number of thiophene rings is 1. The Bertz CT molecular complexity index is 436. The number of rotatable bonds is 5. The van der Waals surface area contributed by atoms with E-state index in [1.807, 2.05) is 6.92 Å². The minimum absolute atomic E-state index is 0.142. The van der Waals surface area contributed by atoms with Gasteiger partial charge in [-0.05, 0) is 12.5 Å². The molecule has 0 saturated carbocycles. The summed E-state index contributed by atoms with van der Waals surface area (Å²) < 4.78 is 5.33. The van der Waals surface area contributed by atoms with Gasteiger partial charge in [0.15, 0.2) is 0 Å². The summed E-state index contributed by atoms with van der Waals surface area (Å²) in [6.45, 7) is 3.37. The van der Waals surface area contributed by atoms with Gasteiger partial charge in [0.2, 0.25) is 0 Å². The molecule has 1 aromatic rings. The van der Waals surface area contributed by atoms with Gasteiger partial charge >= 0.3 is 5.00 Å². The van der Waals surface area contributed by atoms with Crippen LogP contribution in [0.15, 0.2) is 11.4 Å². The van der Waals surface area contributed by atoms with Gasteiger partial charge in [-0.15, -0.1) is 0 Å². The molecule has 18 heavy (non-hydrogen) atoms. The van der Waals surface area contributed by atoms with Crippen molar-refractivity contribution in [3.8, 4) is 0 Å². The molecule has 1 aliphatic rings. The lowest BCUT2D eigenvalue weighted by molar-refractivity contribution is -0.380. The lowest BCUT2D eigenvalue weighted by Gasteiger charge is -2.26. The minimum Gasteiger partial charge on any atom is -0.386 e. The summed E-state index contributed by atoms with van der Waals surface area (Å²) in [5, 5.41) is 25.8. The van der Waals surface area contributed by atoms with Crippen molar-refractivity contribution in [2.24, 2.45) is 0 Å². The Morgan fingerprint density at radius 3 is 3.11 bits per heavy atom. The van der Waals surface area contributed by atoms with E-state index in [0.717, 1.165) is 16.9 Å². The molecule has 100 valence electrons. The molecule has 7 heteroatoms. The average molecular weight is 272 g/mol. The summed E-state index contributed by atoms with van der Waals surface area (Å²) in [4.78, 5) is 10.1. The zero-order valence-corrected chi connectivity index (χ0v) is 10.9. The molecule has 1 saturated heterocycles. The van der Waals surface area contributed by atoms with Crippen molar-refractivity contribution in [3.63, 3.8) is 0 Å². The molecule has 0 aromatic carbocycles. The molecule has 2 unspecified atom stereocenters. The van der Waals surface area contributed by atoms with Crippen LogP contribution in [-0.4, -0.2) is 34.9 Å². The molecule has 2 atom stereocenters. The van der Waals surface area contributed by atoms with Gasteiger partial charge in [0.25, 0.3) is 0 Å². The van der Waals surface area contributed by atoms with Gasteiger partial charge in [-0.1, -0.05) is 11.3 Å². The Morgan fingerprint density at radius 2 is 2.56 bits per heavy atom. The quantitative estimate of drug-likeness (QED) is 0.623. The van der Waals surface area contributed by atoms with Gasteiger partial charge in [0, 0.05) is 37.6 Å². The van der Waals surface area contributed by atoms with E-state index in [0.29, 0.717) is 26.1 Å². The smallest absolute Gasteiger partial charge is 0.324 e. The third-order valence-electron chi connectivity index (χ3n) is 3.24. The number of nitrogens with zero attached hydrogens (tertiary/aromatic N) is 1. The molecule has 1 aromatic heterocycles. The summed E-state index contributed by atoms with van der Waals surface area (Å²) >= 11 is 1.11. The molecule has 1 aliphatic heterocycles. The molecule has 2 heterocycles. The first-order chi connectivity index (χ1) is 8.51. The Balaban J connectivity index is 1.83. The predicted molar refractivity (Wildman–Crippen MR) is 67.7 cm³/mol. The predicted octanol–water partition coefficient (Wildman–Crippen LogP) is 1.29. The van der Waals surface area contributed by atoms with E-state index in [4.69, 9.17) is 4.74 Å². The molecule has 2 N–H and O–H groups in total. The highest BCUT2D eigenvalue weighted by Crippen LogP contribution is 2.25. The third-order valence-corrected chi connectivity index (χ3v) is 4.17. The van der Waals surface area contributed by atoms with Crippen molar-refractivity contribution in [3.05, 3.63) is 27.1 Å². The Kier molecular flexibility index (Phi) is 3.96. The van der Waals surface area contributed by atoms with Crippen LogP contribution in [0.2, 0.25) is 0 Å². The maximum Gasteiger partial charge on any atom is 0.324 e. The van der Waals surface area contributed by atoms with Crippen LogP contribution in [0.3, 0.4) is 0 Å². The number of nitrogens with one attached hydrogen (secondary N) is 1. The van der Waals surface area contributed by atoms with E-state index >= 15 is 0 Å². The fraction of sp³-hybridized carbons (Fsp3) is 0.636. The topological polar surface area (TPSA) is 84.6 Å². The lowest BCUT2D eigenvalue weighted by atomic mass is 9.97. The van der Waals surface area contributed by atoms with E-state index in [9.17, 15) is 15.2 Å². The van der Waals surface area contributed by atoms with Crippen molar-refractivity contribution in [2.75, 3.05) is 13.2 Å². The van der Waals surface area contributed by atoms with Gasteiger partial charge in [-0.3, -0.25) is 10.1 Å². The standard InChI is InChI=1S/C11H16N2O4S/c1-8-11(14,2-3-17-8)7-12-5-9-4-10(13(15)16)18-6-9/h4,6,8,12,14H,2-3,5,7H2,1H3. The van der Waals surface area contributed by atoms with Crippen molar-refractivity contribution < 1.29 is 14.8 Å². The first-order valence-corrected chi connectivity index (χ1v) is 6.66. The molecular weight excluding hydrogens is 256 g/mol. The maximum absolute atomic E-state index is 10.5. The van der Waals surface area contributed by atoms with Crippen LogP contribution < -0.4 is 5.32 Å². The van der Waals surface area contributed by atoms with Gasteiger partial charge in [-0.25, -0.2) is 0 Å². The van der Waals surface area contributed by atoms with Gasteiger partial charge in [0.05, 0.1) is 11.0 Å². The fourth-order valence-corrected chi connectivity index (χ4v) is 2.71. The summed E-state index contributed by atoms with van der Waals surface area (Å²) in [5.74, 6) is 0. The Labute approximate surface area is 109 Å². The normalized spacial score (nSPS) is 27.6. The van der Waals surface area contributed by atoms with Crippen LogP contribution in [0.1, 0.15) is 18.9 Å². The van der Waals surface area contributed by atoms with Crippen LogP contribution in [0.4, 0.5) is 5.00 Å². The highest BCUT2D eigenvalue weighted by atomic mass is 32.1. The van der Waals surface area contributed by atoms with Gasteiger partial charge < -0.3 is 15.2 Å². The molecule has 0 radical (unpaired) electrons. The maximum atomic E-state index is 10.5. The molecule has 0 aliphatic carbocycles. The fourth-order valence-electron chi connectivity index (χ4n) is 1.98. The lowest BCUT2D eigenvalue weighted by Crippen LogP contribution is -2.45. The van der Waals surface area contributed by atoms with Crippen molar-refractivity contribution >= 4 is 16.3 Å². The number of nitro groups is 1. The van der Waals surface area contributed by atoms with E-state index in [2.05, 4.69) is 5.32 Å². The monoisotopic (exact) mass is 272 g/mol. The summed E-state index contributed by atoms with van der Waals surface area (Å²) in [7, 11) is 0. The van der Waals surface area contributed by atoms with E-state index in [-0.39, 0.29) is 11.1 Å². The summed E-state index contributed by atoms with van der Waals surface area (Å²) in [6.07, 6.45) is 0.437. The number of hydrogen-bond acceptors (Lipinski definition) is 6. The second kappa shape index (κ2) is 5.31. The van der Waals surface area contributed by atoms with Crippen LogP contribution in [0.25, 0.3) is 0 Å². The van der Waals surface area contributed by atoms with Crippen LogP contribution >= 0.6 is 11.3 Å². The Hall–Kier alpha value is -1.02. The summed E-state index contributed by atoms with van der Waals surface area (Å²) in [5.41, 5.74) is 0.0314. The Morgan fingerprint density at radius 1 is 1.78 bits per heavy atom. The minimum atomic E-state index is -0.831. The summed E-state index contributed by atoms with van der Waals surface area (Å²) in [6, 6.07) is 1.55. The highest BCUT2D eigenvalue weighted by Gasteiger charge is 2.38. The highest BCUT2D eigenvalue weighted by molar-refractivity contribution is 7.13. The van der Waals surface area contributed by atoms with E-state index < -0.39 is 10.5 Å². The zero-order valence-electron chi connectivity index (χ0n) is 10.1. The van der Waals surface area contributed by atoms with E-state index in [1.54, 1.807) is 11.4 Å². The van der Waals surface area contributed by atoms with Crippen LogP contribution in [0.5, 0.6) is 0 Å². The van der Waals surface area contributed by atoms with Crippen molar-refractivity contribution in [1.82, 2.24) is 5.32 Å². The zero-order chi connectivity index (χ0) is 13.2. The SMILES string of the molecule is CC1OCCC1(O)CNCc1csc([N+](=O)[O-])c1. The van der Waals surface area contributed by atoms with Crippen LogP contribution in [-0.2, 0) is 11.3 Å². The third kappa shape index (κ3) is 2.86. The van der Waals surface area contributed by atoms with Crippen LogP contribution in [0, 0.1) is 10.1 Å². The number of hydrogen-bond donors (Lipinski definition) is 2. The average Bonchev–Trinajstić information content (AvgIpc) is 2.88. The molecule has 2 rings (SSSR count). The molecule has 0 amide bonds. The molecule has 6 nitrogen and oxygen atoms in total. The molecular formula is C11H16N2O4S. The second-order valence-electron chi connectivity index (χ2n) is 4.52. The van der Waals surface area contributed by atoms with Gasteiger partial charge in [0.1, 0.15) is 5.60 Å². The second-order valence-corrected chi connectivity index (χ2v) is 5.41. The molecule has 1 fully saturated rings. The number of ether oxygens (including phenoxy) is 1. The first kappa shape index (κ1) is 13.4.